The first-order valence-corrected chi connectivity index (χ1v) is 9.31. The van der Waals surface area contributed by atoms with Crippen LogP contribution in [0.5, 0.6) is 0 Å². The Morgan fingerprint density at radius 3 is 2.36 bits per heavy atom. The van der Waals surface area contributed by atoms with E-state index in [-0.39, 0.29) is 41.8 Å². The van der Waals surface area contributed by atoms with E-state index in [1.807, 2.05) is 0 Å². The number of carbonyl (C=O) groups is 1. The van der Waals surface area contributed by atoms with Crippen LogP contribution in [0.2, 0.25) is 0 Å². The topological polar surface area (TPSA) is 66.0 Å². The number of halogens is 1. The van der Waals surface area contributed by atoms with Crippen LogP contribution in [0.25, 0.3) is 0 Å². The van der Waals surface area contributed by atoms with Crippen LogP contribution in [-0.2, 0) is 9.53 Å². The molecule has 2 unspecified atom stereocenters. The van der Waals surface area contributed by atoms with Gasteiger partial charge in [-0.25, -0.2) is 4.99 Å². The fourth-order valence-corrected chi connectivity index (χ4v) is 3.43. The number of guanidine groups is 1. The van der Waals surface area contributed by atoms with Gasteiger partial charge in [0.2, 0.25) is 5.91 Å². The van der Waals surface area contributed by atoms with Gasteiger partial charge in [-0.05, 0) is 32.6 Å². The van der Waals surface area contributed by atoms with E-state index in [1.54, 1.807) is 19.0 Å². The number of likely N-dealkylation sites (N-methyl/N-ethyl adjacent to an activating group) is 1. The number of rotatable bonds is 9. The van der Waals surface area contributed by atoms with Crippen molar-refractivity contribution < 1.29 is 9.53 Å². The summed E-state index contributed by atoms with van der Waals surface area (Å²) in [5.74, 6) is 0.740. The second-order valence-corrected chi connectivity index (χ2v) is 6.70. The van der Waals surface area contributed by atoms with E-state index in [1.165, 1.54) is 0 Å². The lowest BCUT2D eigenvalue weighted by Gasteiger charge is -2.55. The molecular formula is C18H37IN4O2. The summed E-state index contributed by atoms with van der Waals surface area (Å²) in [6, 6.07) is 0.335. The zero-order valence-electron chi connectivity index (χ0n) is 16.7. The zero-order chi connectivity index (χ0) is 18.2. The molecule has 0 aromatic carbocycles. The van der Waals surface area contributed by atoms with Crippen LogP contribution in [0.3, 0.4) is 0 Å². The second kappa shape index (κ2) is 11.9. The third-order valence-corrected chi connectivity index (χ3v) is 5.19. The molecule has 0 aromatic rings. The molecule has 7 heteroatoms. The standard InChI is InChI=1S/C18H36N4O2.HI/c1-7-11-19-17(20-13-16(23)22(5)6)21-14-12-15(24-10-4)18(14,8-2)9-3;/h14-15H,7-13H2,1-6H3,(H2,19,20,21);1H. The van der Waals surface area contributed by atoms with Crippen LogP contribution < -0.4 is 10.6 Å². The summed E-state index contributed by atoms with van der Waals surface area (Å²) in [4.78, 5) is 17.8. The quantitative estimate of drug-likeness (QED) is 0.310. The molecule has 1 aliphatic carbocycles. The molecule has 0 bridgehead atoms. The third kappa shape index (κ3) is 6.27. The molecule has 148 valence electrons. The molecule has 1 fully saturated rings. The minimum Gasteiger partial charge on any atom is -0.378 e. The largest absolute Gasteiger partial charge is 0.378 e. The van der Waals surface area contributed by atoms with Gasteiger partial charge in [-0.1, -0.05) is 20.8 Å². The highest BCUT2D eigenvalue weighted by Gasteiger charge is 2.53. The SMILES string of the molecule is CCCNC(=NCC(=O)N(C)C)NC1CC(OCC)C1(CC)CC.I. The smallest absolute Gasteiger partial charge is 0.243 e. The van der Waals surface area contributed by atoms with Gasteiger partial charge >= 0.3 is 0 Å². The molecule has 2 atom stereocenters. The van der Waals surface area contributed by atoms with Gasteiger partial charge in [0.25, 0.3) is 0 Å². The minimum absolute atomic E-state index is 0. The summed E-state index contributed by atoms with van der Waals surface area (Å²) in [5, 5.41) is 6.87. The number of ether oxygens (including phenoxy) is 1. The molecule has 0 aromatic heterocycles. The highest BCUT2D eigenvalue weighted by Crippen LogP contribution is 2.48. The second-order valence-electron chi connectivity index (χ2n) is 6.70. The van der Waals surface area contributed by atoms with Crippen molar-refractivity contribution >= 4 is 35.8 Å². The molecule has 6 nitrogen and oxygen atoms in total. The number of nitrogens with one attached hydrogen (secondary N) is 2. The van der Waals surface area contributed by atoms with E-state index >= 15 is 0 Å². The van der Waals surface area contributed by atoms with Crippen molar-refractivity contribution in [2.45, 2.75) is 65.5 Å². The minimum atomic E-state index is 0. The van der Waals surface area contributed by atoms with Crippen LogP contribution in [0.15, 0.2) is 4.99 Å². The predicted octanol–water partition coefficient (Wildman–Crippen LogP) is 2.62. The maximum Gasteiger partial charge on any atom is 0.243 e. The van der Waals surface area contributed by atoms with E-state index in [9.17, 15) is 4.79 Å². The third-order valence-electron chi connectivity index (χ3n) is 5.19. The lowest BCUT2D eigenvalue weighted by atomic mass is 9.58. The van der Waals surface area contributed by atoms with Gasteiger partial charge in [0, 0.05) is 38.7 Å². The number of hydrogen-bond donors (Lipinski definition) is 2. The summed E-state index contributed by atoms with van der Waals surface area (Å²) in [6.07, 6.45) is 4.46. The van der Waals surface area contributed by atoms with Crippen LogP contribution in [0.1, 0.15) is 53.4 Å². The van der Waals surface area contributed by atoms with Crippen LogP contribution in [0.4, 0.5) is 0 Å². The molecule has 0 aliphatic heterocycles. The number of amides is 1. The molecule has 0 heterocycles. The number of aliphatic imine (C=N–C) groups is 1. The van der Waals surface area contributed by atoms with Gasteiger partial charge in [-0.2, -0.15) is 0 Å². The summed E-state index contributed by atoms with van der Waals surface area (Å²) in [6.45, 7) is 10.4. The van der Waals surface area contributed by atoms with Gasteiger partial charge in [0.05, 0.1) is 6.10 Å². The fraction of sp³-hybridized carbons (Fsp3) is 0.889. The van der Waals surface area contributed by atoms with E-state index in [4.69, 9.17) is 4.74 Å². The van der Waals surface area contributed by atoms with Crippen molar-refractivity contribution in [1.82, 2.24) is 15.5 Å². The number of nitrogens with zero attached hydrogens (tertiary/aromatic N) is 2. The number of hydrogen-bond acceptors (Lipinski definition) is 3. The molecule has 0 radical (unpaired) electrons. The molecule has 0 spiro atoms. The summed E-state index contributed by atoms with van der Waals surface area (Å²) < 4.78 is 5.94. The van der Waals surface area contributed by atoms with Gasteiger partial charge < -0.3 is 20.3 Å². The number of carbonyl (C=O) groups excluding carboxylic acids is 1. The van der Waals surface area contributed by atoms with Gasteiger partial charge in [-0.15, -0.1) is 24.0 Å². The van der Waals surface area contributed by atoms with Crippen molar-refractivity contribution in [3.8, 4) is 0 Å². The average molecular weight is 468 g/mol. The van der Waals surface area contributed by atoms with Crippen molar-refractivity contribution in [3.63, 3.8) is 0 Å². The van der Waals surface area contributed by atoms with Crippen LogP contribution >= 0.6 is 24.0 Å². The Balaban J connectivity index is 0.00000576. The van der Waals surface area contributed by atoms with E-state index in [2.05, 4.69) is 43.3 Å². The zero-order valence-corrected chi connectivity index (χ0v) is 19.1. The normalized spacial score (nSPS) is 21.8. The Kier molecular flexibility index (Phi) is 11.7. The molecule has 1 saturated carbocycles. The lowest BCUT2D eigenvalue weighted by Crippen LogP contribution is -2.65. The van der Waals surface area contributed by atoms with Crippen molar-refractivity contribution in [1.29, 1.82) is 0 Å². The van der Waals surface area contributed by atoms with Crippen LogP contribution in [0, 0.1) is 5.41 Å². The Bertz CT molecular complexity index is 425. The summed E-state index contributed by atoms with van der Waals surface area (Å²) in [7, 11) is 3.50. The molecule has 0 saturated heterocycles. The molecule has 1 aliphatic rings. The Labute approximate surface area is 170 Å². The van der Waals surface area contributed by atoms with E-state index < -0.39 is 0 Å². The summed E-state index contributed by atoms with van der Waals surface area (Å²) >= 11 is 0. The maximum absolute atomic E-state index is 11.8. The van der Waals surface area contributed by atoms with E-state index in [0.717, 1.165) is 44.8 Å². The molecular weight excluding hydrogens is 431 g/mol. The Hall–Kier alpha value is -0.570. The van der Waals surface area contributed by atoms with Gasteiger partial charge in [-0.3, -0.25) is 4.79 Å². The first-order chi connectivity index (χ1) is 11.4. The molecule has 1 amide bonds. The van der Waals surface area contributed by atoms with Crippen molar-refractivity contribution in [2.75, 3.05) is 33.8 Å². The van der Waals surface area contributed by atoms with Crippen molar-refractivity contribution in [2.24, 2.45) is 10.4 Å². The average Bonchev–Trinajstić information content (AvgIpc) is 2.56. The Morgan fingerprint density at radius 2 is 1.88 bits per heavy atom. The first kappa shape index (κ1) is 24.4. The fourth-order valence-electron chi connectivity index (χ4n) is 3.43. The molecule has 1 rings (SSSR count). The highest BCUT2D eigenvalue weighted by molar-refractivity contribution is 14.0. The first-order valence-electron chi connectivity index (χ1n) is 9.31. The monoisotopic (exact) mass is 468 g/mol. The molecule has 25 heavy (non-hydrogen) atoms. The Morgan fingerprint density at radius 1 is 1.24 bits per heavy atom. The van der Waals surface area contributed by atoms with E-state index in [0.29, 0.717) is 12.1 Å². The van der Waals surface area contributed by atoms with Crippen LogP contribution in [-0.4, -0.2) is 62.7 Å². The molecule has 2 N–H and O–H groups in total. The van der Waals surface area contributed by atoms with Gasteiger partial charge in [0.15, 0.2) is 5.96 Å². The summed E-state index contributed by atoms with van der Waals surface area (Å²) in [5.41, 5.74) is 0.149. The predicted molar refractivity (Wildman–Crippen MR) is 115 cm³/mol. The lowest BCUT2D eigenvalue weighted by molar-refractivity contribution is -0.133. The maximum atomic E-state index is 11.8. The highest BCUT2D eigenvalue weighted by atomic mass is 127. The van der Waals surface area contributed by atoms with Gasteiger partial charge in [0.1, 0.15) is 6.54 Å². The van der Waals surface area contributed by atoms with Crippen molar-refractivity contribution in [3.05, 3.63) is 0 Å².